The molecular formula is C25H25F5N2O6. The molecule has 2 aromatic rings. The highest BCUT2D eigenvalue weighted by atomic mass is 19.4. The SMILES string of the molecule is O=C(COc1ccc(OC(F)(F)F)cc1)NC12CCC(NC(=O)COc3ccc(F)c(F)c3)(CC1)[C@@H](O)C2. The molecule has 0 saturated heterocycles. The van der Waals surface area contributed by atoms with Crippen LogP contribution in [0.4, 0.5) is 22.0 Å². The van der Waals surface area contributed by atoms with Crippen molar-refractivity contribution in [3.8, 4) is 17.2 Å². The summed E-state index contributed by atoms with van der Waals surface area (Å²) in [6.45, 7) is -0.845. The Kier molecular flexibility index (Phi) is 7.68. The Bertz CT molecular complexity index is 1170. The van der Waals surface area contributed by atoms with E-state index in [4.69, 9.17) is 9.47 Å². The highest BCUT2D eigenvalue weighted by Gasteiger charge is 2.55. The second kappa shape index (κ2) is 10.6. The van der Waals surface area contributed by atoms with Gasteiger partial charge in [0.15, 0.2) is 24.8 Å². The number of nitrogens with one attached hydrogen (secondary N) is 2. The van der Waals surface area contributed by atoms with Gasteiger partial charge in [0, 0.05) is 11.6 Å². The molecule has 3 saturated carbocycles. The van der Waals surface area contributed by atoms with Gasteiger partial charge >= 0.3 is 6.36 Å². The molecule has 0 aromatic heterocycles. The van der Waals surface area contributed by atoms with E-state index in [2.05, 4.69) is 15.4 Å². The van der Waals surface area contributed by atoms with Gasteiger partial charge in [0.1, 0.15) is 17.2 Å². The molecule has 0 radical (unpaired) electrons. The van der Waals surface area contributed by atoms with E-state index in [0.29, 0.717) is 25.7 Å². The molecule has 8 nitrogen and oxygen atoms in total. The fourth-order valence-electron chi connectivity index (χ4n) is 4.91. The van der Waals surface area contributed by atoms with E-state index in [1.54, 1.807) is 0 Å². The van der Waals surface area contributed by atoms with Crippen molar-refractivity contribution in [3.05, 3.63) is 54.1 Å². The Morgan fingerprint density at radius 3 is 1.97 bits per heavy atom. The molecule has 3 aliphatic carbocycles. The van der Waals surface area contributed by atoms with Gasteiger partial charge in [-0.2, -0.15) is 0 Å². The van der Waals surface area contributed by atoms with Crippen LogP contribution in [-0.2, 0) is 9.59 Å². The number of aliphatic hydroxyl groups excluding tert-OH is 1. The highest BCUT2D eigenvalue weighted by Crippen LogP contribution is 2.47. The van der Waals surface area contributed by atoms with Crippen molar-refractivity contribution >= 4 is 11.8 Å². The second-order valence-corrected chi connectivity index (χ2v) is 9.43. The average molecular weight is 544 g/mol. The number of carbonyl (C=O) groups excluding carboxylic acids is 2. The molecule has 38 heavy (non-hydrogen) atoms. The first-order valence-electron chi connectivity index (χ1n) is 11.7. The summed E-state index contributed by atoms with van der Waals surface area (Å²) in [5.74, 6) is -3.40. The number of alkyl halides is 3. The van der Waals surface area contributed by atoms with Crippen LogP contribution in [-0.4, -0.2) is 53.7 Å². The lowest BCUT2D eigenvalue weighted by atomic mass is 9.60. The maximum absolute atomic E-state index is 13.3. The van der Waals surface area contributed by atoms with Gasteiger partial charge in [-0.3, -0.25) is 9.59 Å². The third kappa shape index (κ3) is 6.63. The fourth-order valence-corrected chi connectivity index (χ4v) is 4.91. The molecule has 0 unspecified atom stereocenters. The van der Waals surface area contributed by atoms with Crippen molar-refractivity contribution in [1.82, 2.24) is 10.6 Å². The molecule has 13 heteroatoms. The second-order valence-electron chi connectivity index (χ2n) is 9.43. The molecule has 2 bridgehead atoms. The maximum atomic E-state index is 13.3. The van der Waals surface area contributed by atoms with Crippen LogP contribution in [0.3, 0.4) is 0 Å². The van der Waals surface area contributed by atoms with E-state index in [0.717, 1.165) is 24.3 Å². The molecule has 3 aliphatic rings. The topological polar surface area (TPSA) is 106 Å². The number of hydrogen-bond donors (Lipinski definition) is 3. The predicted octanol–water partition coefficient (Wildman–Crippen LogP) is 3.37. The molecule has 0 spiro atoms. The van der Waals surface area contributed by atoms with Crippen molar-refractivity contribution in [2.45, 2.75) is 55.6 Å². The Morgan fingerprint density at radius 2 is 1.39 bits per heavy atom. The number of amides is 2. The van der Waals surface area contributed by atoms with Gasteiger partial charge in [0.05, 0.1) is 11.6 Å². The van der Waals surface area contributed by atoms with E-state index in [-0.39, 0.29) is 24.5 Å². The van der Waals surface area contributed by atoms with Crippen molar-refractivity contribution in [1.29, 1.82) is 0 Å². The Hall–Kier alpha value is -3.61. The number of aliphatic hydroxyl groups is 1. The molecule has 5 rings (SSSR count). The number of carbonyl (C=O) groups is 2. The first kappa shape index (κ1) is 27.4. The lowest BCUT2D eigenvalue weighted by molar-refractivity contribution is -0.274. The lowest BCUT2D eigenvalue weighted by Gasteiger charge is -2.56. The van der Waals surface area contributed by atoms with Gasteiger partial charge in [0.25, 0.3) is 11.8 Å². The number of rotatable bonds is 9. The fraction of sp³-hybridized carbons (Fsp3) is 0.440. The van der Waals surface area contributed by atoms with Crippen molar-refractivity contribution in [3.63, 3.8) is 0 Å². The van der Waals surface area contributed by atoms with Crippen LogP contribution in [0.25, 0.3) is 0 Å². The van der Waals surface area contributed by atoms with Crippen LogP contribution in [0.1, 0.15) is 32.1 Å². The molecule has 0 heterocycles. The van der Waals surface area contributed by atoms with Crippen LogP contribution >= 0.6 is 0 Å². The number of benzene rings is 2. The Morgan fingerprint density at radius 1 is 0.842 bits per heavy atom. The van der Waals surface area contributed by atoms with E-state index in [1.165, 1.54) is 18.2 Å². The monoisotopic (exact) mass is 544 g/mol. The van der Waals surface area contributed by atoms with Gasteiger partial charge in [0.2, 0.25) is 0 Å². The summed E-state index contributed by atoms with van der Waals surface area (Å²) in [5.41, 5.74) is -1.60. The summed E-state index contributed by atoms with van der Waals surface area (Å²) in [6.07, 6.45) is -3.87. The predicted molar refractivity (Wildman–Crippen MR) is 121 cm³/mol. The number of fused-ring (bicyclic) bond motifs is 3. The molecule has 1 atom stereocenters. The Labute approximate surface area is 214 Å². The molecular weight excluding hydrogens is 519 g/mol. The average Bonchev–Trinajstić information content (AvgIpc) is 2.84. The molecule has 2 amide bonds. The molecule has 2 aromatic carbocycles. The third-order valence-electron chi connectivity index (χ3n) is 6.80. The zero-order chi connectivity index (χ0) is 27.6. The molecule has 0 aliphatic heterocycles. The quantitative estimate of drug-likeness (QED) is 0.418. The van der Waals surface area contributed by atoms with Gasteiger partial charge in [-0.25, -0.2) is 8.78 Å². The summed E-state index contributed by atoms with van der Waals surface area (Å²) < 4.78 is 77.5. The van der Waals surface area contributed by atoms with E-state index in [9.17, 15) is 36.6 Å². The molecule has 3 N–H and O–H groups in total. The van der Waals surface area contributed by atoms with E-state index < -0.39 is 59.3 Å². The Balaban J connectivity index is 1.24. The summed E-state index contributed by atoms with van der Waals surface area (Å²) in [4.78, 5) is 25.0. The van der Waals surface area contributed by atoms with Crippen LogP contribution in [0.5, 0.6) is 17.2 Å². The zero-order valence-electron chi connectivity index (χ0n) is 19.9. The summed E-state index contributed by atoms with van der Waals surface area (Å²) >= 11 is 0. The van der Waals surface area contributed by atoms with Gasteiger partial charge in [-0.1, -0.05) is 0 Å². The zero-order valence-corrected chi connectivity index (χ0v) is 19.9. The first-order valence-corrected chi connectivity index (χ1v) is 11.7. The van der Waals surface area contributed by atoms with Crippen LogP contribution < -0.4 is 24.8 Å². The minimum Gasteiger partial charge on any atom is -0.484 e. The molecule has 3 fully saturated rings. The summed E-state index contributed by atoms with van der Waals surface area (Å²) in [5, 5.41) is 16.5. The highest BCUT2D eigenvalue weighted by molar-refractivity contribution is 5.79. The van der Waals surface area contributed by atoms with Crippen LogP contribution in [0.2, 0.25) is 0 Å². The normalized spacial score (nSPS) is 24.4. The van der Waals surface area contributed by atoms with Gasteiger partial charge < -0.3 is 30.0 Å². The number of ether oxygens (including phenoxy) is 3. The van der Waals surface area contributed by atoms with Gasteiger partial charge in [-0.15, -0.1) is 13.2 Å². The molecule has 206 valence electrons. The smallest absolute Gasteiger partial charge is 0.484 e. The van der Waals surface area contributed by atoms with E-state index >= 15 is 0 Å². The summed E-state index contributed by atoms with van der Waals surface area (Å²) in [7, 11) is 0. The lowest BCUT2D eigenvalue weighted by Crippen LogP contribution is -2.70. The standard InChI is InChI=1S/C25H25F5N2O6/c26-18-6-5-17(11-19(18)27)37-14-22(35)32-24-9-7-23(8-10-24,12-20(24)33)31-21(34)13-36-15-1-3-16(4-2-15)38-25(28,29)30/h1-6,11,20,33H,7-10,12-14H2,(H,31,34)(H,32,35)/t20-,23?,24?/m0/s1. The van der Waals surface area contributed by atoms with Crippen molar-refractivity contribution < 1.29 is 50.9 Å². The van der Waals surface area contributed by atoms with Gasteiger partial charge in [-0.05, 0) is 68.5 Å². The minimum absolute atomic E-state index is 0.0149. The van der Waals surface area contributed by atoms with Crippen molar-refractivity contribution in [2.75, 3.05) is 13.2 Å². The summed E-state index contributed by atoms with van der Waals surface area (Å²) in [6, 6.07) is 7.52. The number of hydrogen-bond acceptors (Lipinski definition) is 6. The van der Waals surface area contributed by atoms with Crippen LogP contribution in [0, 0.1) is 11.6 Å². The number of halogens is 5. The maximum Gasteiger partial charge on any atom is 0.573 e. The van der Waals surface area contributed by atoms with Crippen LogP contribution in [0.15, 0.2) is 42.5 Å². The van der Waals surface area contributed by atoms with E-state index in [1.807, 2.05) is 0 Å². The third-order valence-corrected chi connectivity index (χ3v) is 6.80. The first-order chi connectivity index (χ1) is 17.9. The minimum atomic E-state index is -4.81. The van der Waals surface area contributed by atoms with Crippen molar-refractivity contribution in [2.24, 2.45) is 0 Å². The largest absolute Gasteiger partial charge is 0.573 e.